The summed E-state index contributed by atoms with van der Waals surface area (Å²) in [7, 11) is -1.22. The van der Waals surface area contributed by atoms with Gasteiger partial charge in [0.1, 0.15) is 17.9 Å². The number of hydrogen-bond acceptors (Lipinski definition) is 7. The Morgan fingerprint density at radius 3 is 2.77 bits per heavy atom. The molecule has 0 radical (unpaired) electrons. The van der Waals surface area contributed by atoms with Crippen LogP contribution in [0.1, 0.15) is 24.7 Å². The number of aryl methyl sites for hydroxylation is 2. The molecule has 3 heterocycles. The van der Waals surface area contributed by atoms with Crippen molar-refractivity contribution in [1.82, 2.24) is 24.5 Å². The fraction of sp³-hybridized carbons (Fsp3) is 0.412. The highest BCUT2D eigenvalue weighted by Gasteiger charge is 2.16. The molecule has 138 valence electrons. The second kappa shape index (κ2) is 8.33. The third-order valence-electron chi connectivity index (χ3n) is 3.95. The van der Waals surface area contributed by atoms with E-state index in [9.17, 15) is 4.21 Å². The second-order valence-electron chi connectivity index (χ2n) is 5.78. The van der Waals surface area contributed by atoms with E-state index >= 15 is 0 Å². The summed E-state index contributed by atoms with van der Waals surface area (Å²) in [5.41, 5.74) is 8.63. The first-order chi connectivity index (χ1) is 12.6. The molecule has 9 heteroatoms. The number of nitrogens with zero attached hydrogens (tertiary/aromatic N) is 5. The lowest BCUT2D eigenvalue weighted by Gasteiger charge is -2.10. The van der Waals surface area contributed by atoms with Crippen molar-refractivity contribution in [3.8, 4) is 0 Å². The number of pyridine rings is 1. The van der Waals surface area contributed by atoms with E-state index in [0.29, 0.717) is 48.4 Å². The Bertz CT molecular complexity index is 913. The zero-order chi connectivity index (χ0) is 18.5. The molecule has 3 rings (SSSR count). The molecule has 0 aliphatic heterocycles. The number of fused-ring (bicyclic) bond motifs is 1. The highest BCUT2D eigenvalue weighted by atomic mass is 32.2. The molecule has 0 saturated carbocycles. The monoisotopic (exact) mass is 374 g/mol. The van der Waals surface area contributed by atoms with Gasteiger partial charge in [0, 0.05) is 37.5 Å². The normalized spacial score (nSPS) is 12.5. The van der Waals surface area contributed by atoms with Crippen molar-refractivity contribution in [3.63, 3.8) is 0 Å². The van der Waals surface area contributed by atoms with E-state index in [1.807, 2.05) is 13.8 Å². The number of hydrogen-bond donors (Lipinski definition) is 1. The smallest absolute Gasteiger partial charge is 0.218 e. The first-order valence-corrected chi connectivity index (χ1v) is 9.77. The van der Waals surface area contributed by atoms with E-state index in [1.54, 1.807) is 24.7 Å². The first-order valence-electron chi connectivity index (χ1n) is 8.45. The number of rotatable bonds is 8. The lowest BCUT2D eigenvalue weighted by Crippen LogP contribution is -2.10. The Morgan fingerprint density at radius 1 is 1.27 bits per heavy atom. The van der Waals surface area contributed by atoms with Crippen molar-refractivity contribution >= 4 is 27.7 Å². The van der Waals surface area contributed by atoms with Crippen LogP contribution in [0.2, 0.25) is 0 Å². The van der Waals surface area contributed by atoms with Gasteiger partial charge in [-0.15, -0.1) is 0 Å². The topological polar surface area (TPSA) is 109 Å². The minimum atomic E-state index is -1.22. The summed E-state index contributed by atoms with van der Waals surface area (Å²) in [6.07, 6.45) is 5.64. The molecule has 0 amide bonds. The molecule has 0 aliphatic rings. The molecule has 1 atom stereocenters. The van der Waals surface area contributed by atoms with Crippen molar-refractivity contribution in [2.75, 3.05) is 18.1 Å². The zero-order valence-electron chi connectivity index (χ0n) is 14.9. The number of imidazole rings is 1. The summed E-state index contributed by atoms with van der Waals surface area (Å²) in [5, 5.41) is 0.363. The molecule has 0 aromatic carbocycles. The molecule has 0 aliphatic carbocycles. The van der Waals surface area contributed by atoms with Crippen LogP contribution < -0.4 is 5.73 Å². The SMILES string of the molecule is CCOCc1nc2c(N)ncc(C)c2n1CCCS(=O)c1ncccn1. The Morgan fingerprint density at radius 2 is 2.04 bits per heavy atom. The number of anilines is 1. The van der Waals surface area contributed by atoms with Crippen LogP contribution in [0.4, 0.5) is 5.82 Å². The summed E-state index contributed by atoms with van der Waals surface area (Å²) in [6, 6.07) is 1.71. The molecule has 0 saturated heterocycles. The van der Waals surface area contributed by atoms with Gasteiger partial charge in [-0.3, -0.25) is 4.21 Å². The van der Waals surface area contributed by atoms with E-state index in [0.717, 1.165) is 16.9 Å². The van der Waals surface area contributed by atoms with Crippen LogP contribution in [-0.2, 0) is 28.7 Å². The molecule has 2 N–H and O–H groups in total. The van der Waals surface area contributed by atoms with Crippen LogP contribution in [-0.4, -0.2) is 41.1 Å². The predicted molar refractivity (Wildman–Crippen MR) is 99.9 cm³/mol. The molecule has 0 bridgehead atoms. The number of ether oxygens (including phenoxy) is 1. The maximum Gasteiger partial charge on any atom is 0.218 e. The first kappa shape index (κ1) is 18.4. The van der Waals surface area contributed by atoms with Crippen LogP contribution >= 0.6 is 0 Å². The van der Waals surface area contributed by atoms with E-state index in [2.05, 4.69) is 24.5 Å². The van der Waals surface area contributed by atoms with Crippen molar-refractivity contribution < 1.29 is 8.95 Å². The van der Waals surface area contributed by atoms with Crippen LogP contribution in [0.5, 0.6) is 0 Å². The van der Waals surface area contributed by atoms with Gasteiger partial charge in [-0.05, 0) is 31.9 Å². The summed E-state index contributed by atoms with van der Waals surface area (Å²) < 4.78 is 19.9. The lowest BCUT2D eigenvalue weighted by molar-refractivity contribution is 0.126. The third-order valence-corrected chi connectivity index (χ3v) is 5.23. The number of nitrogens with two attached hydrogens (primary N) is 1. The average Bonchev–Trinajstić information content (AvgIpc) is 3.03. The maximum atomic E-state index is 12.3. The molecular weight excluding hydrogens is 352 g/mol. The van der Waals surface area contributed by atoms with E-state index in [-0.39, 0.29) is 0 Å². The average molecular weight is 374 g/mol. The molecule has 1 unspecified atom stereocenters. The van der Waals surface area contributed by atoms with Crippen LogP contribution in [0.25, 0.3) is 11.0 Å². The molecule has 26 heavy (non-hydrogen) atoms. The molecule has 3 aromatic heterocycles. The Balaban J connectivity index is 1.81. The van der Waals surface area contributed by atoms with Crippen LogP contribution in [0.3, 0.4) is 0 Å². The van der Waals surface area contributed by atoms with Gasteiger partial charge in [-0.2, -0.15) is 0 Å². The van der Waals surface area contributed by atoms with Crippen molar-refractivity contribution in [1.29, 1.82) is 0 Å². The van der Waals surface area contributed by atoms with Gasteiger partial charge >= 0.3 is 0 Å². The maximum absolute atomic E-state index is 12.3. The van der Waals surface area contributed by atoms with Gasteiger partial charge < -0.3 is 15.0 Å². The van der Waals surface area contributed by atoms with Crippen molar-refractivity contribution in [2.45, 2.75) is 38.6 Å². The largest absolute Gasteiger partial charge is 0.382 e. The number of aromatic nitrogens is 5. The zero-order valence-corrected chi connectivity index (χ0v) is 15.7. The van der Waals surface area contributed by atoms with Gasteiger partial charge in [0.25, 0.3) is 0 Å². The lowest BCUT2D eigenvalue weighted by atomic mass is 10.2. The minimum Gasteiger partial charge on any atom is -0.382 e. The van der Waals surface area contributed by atoms with Crippen molar-refractivity contribution in [3.05, 3.63) is 36.0 Å². The summed E-state index contributed by atoms with van der Waals surface area (Å²) in [5.74, 6) is 1.67. The Kier molecular flexibility index (Phi) is 5.89. The van der Waals surface area contributed by atoms with Gasteiger partial charge in [-0.25, -0.2) is 19.9 Å². The molecule has 8 nitrogen and oxygen atoms in total. The van der Waals surface area contributed by atoms with E-state index in [4.69, 9.17) is 10.5 Å². The fourth-order valence-corrected chi connectivity index (χ4v) is 3.69. The summed E-state index contributed by atoms with van der Waals surface area (Å²) >= 11 is 0. The predicted octanol–water partition coefficient (Wildman–Crippen LogP) is 1.85. The molecule has 3 aromatic rings. The van der Waals surface area contributed by atoms with Gasteiger partial charge in [0.15, 0.2) is 5.82 Å². The second-order valence-corrected chi connectivity index (χ2v) is 7.24. The quantitative estimate of drug-likeness (QED) is 0.599. The molecule has 0 spiro atoms. The van der Waals surface area contributed by atoms with Crippen LogP contribution in [0, 0.1) is 6.92 Å². The van der Waals surface area contributed by atoms with E-state index in [1.165, 1.54) is 0 Å². The fourth-order valence-electron chi connectivity index (χ4n) is 2.76. The molecule has 0 fully saturated rings. The third kappa shape index (κ3) is 3.88. The summed E-state index contributed by atoms with van der Waals surface area (Å²) in [6.45, 7) is 5.58. The van der Waals surface area contributed by atoms with Gasteiger partial charge in [0.05, 0.1) is 16.3 Å². The highest BCUT2D eigenvalue weighted by molar-refractivity contribution is 7.84. The van der Waals surface area contributed by atoms with Gasteiger partial charge in [0.2, 0.25) is 5.16 Å². The van der Waals surface area contributed by atoms with E-state index < -0.39 is 10.8 Å². The summed E-state index contributed by atoms with van der Waals surface area (Å²) in [4.78, 5) is 16.9. The highest BCUT2D eigenvalue weighted by Crippen LogP contribution is 2.24. The van der Waals surface area contributed by atoms with Gasteiger partial charge in [-0.1, -0.05) is 0 Å². The Labute approximate surface area is 154 Å². The minimum absolute atomic E-state index is 0.363. The standard InChI is InChI=1S/C17H22N6O2S/c1-3-25-11-13-22-14-15(12(2)10-21-16(14)18)23(13)8-5-9-26(24)17-19-6-4-7-20-17/h4,6-7,10H,3,5,8-9,11H2,1-2H3,(H2,18,21). The number of nitrogen functional groups attached to an aromatic ring is 1. The van der Waals surface area contributed by atoms with Crippen molar-refractivity contribution in [2.24, 2.45) is 0 Å². The van der Waals surface area contributed by atoms with Crippen LogP contribution in [0.15, 0.2) is 29.8 Å². The Hall–Kier alpha value is -2.39. The molecular formula is C17H22N6O2S.